The fraction of sp³-hybridized carbons (Fsp3) is 0.600. The van der Waals surface area contributed by atoms with E-state index in [-0.39, 0.29) is 35.7 Å². The van der Waals surface area contributed by atoms with Crippen molar-refractivity contribution in [1.29, 1.82) is 0 Å². The first-order chi connectivity index (χ1) is 6.68. The molecule has 0 aromatic carbocycles. The first-order valence-corrected chi connectivity index (χ1v) is 4.78. The van der Waals surface area contributed by atoms with E-state index in [4.69, 9.17) is 4.74 Å². The van der Waals surface area contributed by atoms with Crippen LogP contribution in [0.4, 0.5) is 0 Å². The molecule has 1 saturated carbocycles. The van der Waals surface area contributed by atoms with Gasteiger partial charge in [-0.1, -0.05) is 6.42 Å². The van der Waals surface area contributed by atoms with E-state index < -0.39 is 11.9 Å². The third kappa shape index (κ3) is 6.71. The zero-order chi connectivity index (χ0) is 10.4. The molecule has 4 nitrogen and oxygen atoms in total. The zero-order valence-corrected chi connectivity index (χ0v) is 10.9. The maximum atomic E-state index is 11.0. The van der Waals surface area contributed by atoms with Gasteiger partial charge < -0.3 is 14.6 Å². The van der Waals surface area contributed by atoms with E-state index in [1.165, 1.54) is 6.42 Å². The number of esters is 1. The van der Waals surface area contributed by atoms with Crippen molar-refractivity contribution in [1.82, 2.24) is 0 Å². The monoisotopic (exact) mass is 220 g/mol. The number of aliphatic carboxylic acids is 1. The van der Waals surface area contributed by atoms with Crippen LogP contribution in [0.1, 0.15) is 32.1 Å². The number of carbonyl (C=O) groups excluding carboxylic acids is 2. The molecule has 0 heterocycles. The fourth-order valence-corrected chi connectivity index (χ4v) is 1.52. The number of carboxylic acids is 1. The molecule has 0 aromatic rings. The van der Waals surface area contributed by atoms with Gasteiger partial charge in [-0.05, 0) is 31.8 Å². The topological polar surface area (TPSA) is 66.4 Å². The van der Waals surface area contributed by atoms with E-state index >= 15 is 0 Å². The summed E-state index contributed by atoms with van der Waals surface area (Å²) in [7, 11) is 0. The molecule has 0 bridgehead atoms. The van der Waals surface area contributed by atoms with Gasteiger partial charge in [-0.2, -0.15) is 0 Å². The van der Waals surface area contributed by atoms with Gasteiger partial charge in [-0.3, -0.25) is 0 Å². The molecule has 15 heavy (non-hydrogen) atoms. The van der Waals surface area contributed by atoms with Gasteiger partial charge in [0.15, 0.2) is 0 Å². The minimum absolute atomic E-state index is 0. The molecular weight excluding hydrogens is 207 g/mol. The Hall–Kier alpha value is -0.320. The number of rotatable bonds is 3. The number of ether oxygens (including phenoxy) is 1. The first-order valence-electron chi connectivity index (χ1n) is 4.78. The molecule has 1 fully saturated rings. The summed E-state index contributed by atoms with van der Waals surface area (Å²) in [4.78, 5) is 21.0. The summed E-state index contributed by atoms with van der Waals surface area (Å²) < 4.78 is 5.02. The smallest absolute Gasteiger partial charge is 0.545 e. The van der Waals surface area contributed by atoms with Crippen LogP contribution in [0.15, 0.2) is 12.2 Å². The summed E-state index contributed by atoms with van der Waals surface area (Å²) in [5, 5.41) is 9.99. The molecule has 0 N–H and O–H groups in total. The molecule has 1 aliphatic carbocycles. The van der Waals surface area contributed by atoms with E-state index in [9.17, 15) is 14.7 Å². The van der Waals surface area contributed by atoms with Crippen LogP contribution >= 0.6 is 0 Å². The van der Waals surface area contributed by atoms with Gasteiger partial charge in [0.05, 0.1) is 5.97 Å². The molecule has 0 aromatic heterocycles. The number of carboxylic acid groups (broad SMARTS) is 1. The molecule has 0 aliphatic heterocycles. The number of hydrogen-bond donors (Lipinski definition) is 0. The molecule has 0 spiro atoms. The maximum Gasteiger partial charge on any atom is 1.00 e. The van der Waals surface area contributed by atoms with Crippen LogP contribution in [0.25, 0.3) is 0 Å². The molecule has 78 valence electrons. The SMILES string of the molecule is O=C([O-])/C=C\C(=O)OC1CCCCC1.[Na+]. The van der Waals surface area contributed by atoms with Crippen molar-refractivity contribution in [3.8, 4) is 0 Å². The van der Waals surface area contributed by atoms with E-state index in [0.29, 0.717) is 6.08 Å². The normalized spacial score (nSPS) is 17.1. The Kier molecular flexibility index (Phi) is 7.74. The van der Waals surface area contributed by atoms with Gasteiger partial charge in [-0.15, -0.1) is 0 Å². The van der Waals surface area contributed by atoms with Crippen molar-refractivity contribution in [2.24, 2.45) is 0 Å². The van der Waals surface area contributed by atoms with E-state index in [0.717, 1.165) is 31.8 Å². The second-order valence-corrected chi connectivity index (χ2v) is 3.35. The molecule has 0 atom stereocenters. The number of hydrogen-bond acceptors (Lipinski definition) is 4. The van der Waals surface area contributed by atoms with Gasteiger partial charge in [0, 0.05) is 6.08 Å². The van der Waals surface area contributed by atoms with Crippen LogP contribution in [0, 0.1) is 0 Å². The molecule has 0 amide bonds. The Bertz CT molecular complexity index is 244. The molecule has 0 radical (unpaired) electrons. The molecule has 1 rings (SSSR count). The molecule has 0 unspecified atom stereocenters. The van der Waals surface area contributed by atoms with Gasteiger partial charge in [0.2, 0.25) is 0 Å². The third-order valence-corrected chi connectivity index (χ3v) is 2.19. The van der Waals surface area contributed by atoms with Gasteiger partial charge in [0.25, 0.3) is 0 Å². The Morgan fingerprint density at radius 2 is 1.73 bits per heavy atom. The Morgan fingerprint density at radius 1 is 1.13 bits per heavy atom. The predicted molar refractivity (Wildman–Crippen MR) is 47.1 cm³/mol. The zero-order valence-electron chi connectivity index (χ0n) is 8.90. The Morgan fingerprint density at radius 3 is 2.27 bits per heavy atom. The maximum absolute atomic E-state index is 11.0. The molecule has 5 heteroatoms. The van der Waals surface area contributed by atoms with E-state index in [2.05, 4.69) is 0 Å². The average Bonchev–Trinajstić information content (AvgIpc) is 2.16. The summed E-state index contributed by atoms with van der Waals surface area (Å²) in [6, 6.07) is 0. The average molecular weight is 220 g/mol. The predicted octanol–water partition coefficient (Wildman–Crippen LogP) is -2.83. The van der Waals surface area contributed by atoms with Crippen molar-refractivity contribution < 1.29 is 49.0 Å². The van der Waals surface area contributed by atoms with Crippen LogP contribution in [-0.4, -0.2) is 18.0 Å². The molecule has 1 aliphatic rings. The van der Waals surface area contributed by atoms with Crippen LogP contribution in [0.2, 0.25) is 0 Å². The van der Waals surface area contributed by atoms with Crippen molar-refractivity contribution >= 4 is 11.9 Å². The van der Waals surface area contributed by atoms with Crippen molar-refractivity contribution in [3.63, 3.8) is 0 Å². The minimum Gasteiger partial charge on any atom is -0.545 e. The van der Waals surface area contributed by atoms with Crippen LogP contribution in [-0.2, 0) is 14.3 Å². The van der Waals surface area contributed by atoms with Gasteiger partial charge >= 0.3 is 35.5 Å². The van der Waals surface area contributed by atoms with Crippen molar-refractivity contribution in [2.75, 3.05) is 0 Å². The number of carbonyl (C=O) groups is 2. The first kappa shape index (κ1) is 14.7. The van der Waals surface area contributed by atoms with Crippen molar-refractivity contribution in [3.05, 3.63) is 12.2 Å². The summed E-state index contributed by atoms with van der Waals surface area (Å²) in [6.07, 6.45) is 6.63. The van der Waals surface area contributed by atoms with E-state index in [1.54, 1.807) is 0 Å². The fourth-order valence-electron chi connectivity index (χ4n) is 1.52. The summed E-state index contributed by atoms with van der Waals surface area (Å²) >= 11 is 0. The minimum atomic E-state index is -1.38. The molecular formula is C10H13NaO4. The van der Waals surface area contributed by atoms with Gasteiger partial charge in [0.1, 0.15) is 6.10 Å². The Labute approximate surface area is 111 Å². The van der Waals surface area contributed by atoms with Crippen molar-refractivity contribution in [2.45, 2.75) is 38.2 Å². The van der Waals surface area contributed by atoms with Crippen LogP contribution in [0.3, 0.4) is 0 Å². The quantitative estimate of drug-likeness (QED) is 0.292. The largest absolute Gasteiger partial charge is 1.00 e. The summed E-state index contributed by atoms with van der Waals surface area (Å²) in [5.74, 6) is -1.98. The summed E-state index contributed by atoms with van der Waals surface area (Å²) in [5.41, 5.74) is 0. The second kappa shape index (κ2) is 7.91. The second-order valence-electron chi connectivity index (χ2n) is 3.35. The molecule has 0 saturated heterocycles. The van der Waals surface area contributed by atoms with Gasteiger partial charge in [-0.25, -0.2) is 4.79 Å². The summed E-state index contributed by atoms with van der Waals surface area (Å²) in [6.45, 7) is 0. The van der Waals surface area contributed by atoms with Crippen LogP contribution in [0.5, 0.6) is 0 Å². The third-order valence-electron chi connectivity index (χ3n) is 2.19. The van der Waals surface area contributed by atoms with E-state index in [1.807, 2.05) is 0 Å². The van der Waals surface area contributed by atoms with Crippen LogP contribution < -0.4 is 34.7 Å². The standard InChI is InChI=1S/C10H14O4.Na/c11-9(12)6-7-10(13)14-8-4-2-1-3-5-8;/h6-8H,1-5H2,(H,11,12);/q;+1/p-1/b7-6-;. The Balaban J connectivity index is 0.00000196.